The molecule has 0 aliphatic carbocycles. The number of hydrogen-bond donors (Lipinski definition) is 1. The van der Waals surface area contributed by atoms with Gasteiger partial charge in [-0.25, -0.2) is 4.79 Å². The van der Waals surface area contributed by atoms with Crippen LogP contribution < -0.4 is 0 Å². The molecule has 0 aromatic heterocycles. The quantitative estimate of drug-likeness (QED) is 0.766. The molecule has 1 amide bonds. The van der Waals surface area contributed by atoms with Crippen LogP contribution >= 0.6 is 0 Å². The van der Waals surface area contributed by atoms with E-state index in [2.05, 4.69) is 33.9 Å². The largest absolute Gasteiger partial charge is 0.444 e. The van der Waals surface area contributed by atoms with E-state index < -0.39 is 20.0 Å². The third-order valence-corrected chi connectivity index (χ3v) is 9.59. The average molecular weight is 360 g/mol. The highest BCUT2D eigenvalue weighted by atomic mass is 28.4. The van der Waals surface area contributed by atoms with Gasteiger partial charge in [0.2, 0.25) is 0 Å². The van der Waals surface area contributed by atoms with Gasteiger partial charge in [0.15, 0.2) is 8.32 Å². The van der Waals surface area contributed by atoms with Gasteiger partial charge in [-0.15, -0.1) is 0 Å². The van der Waals surface area contributed by atoms with Crippen molar-refractivity contribution in [2.24, 2.45) is 0 Å². The number of carbonyl (C=O) groups excluding carboxylic acids is 1. The molecule has 5 nitrogen and oxygen atoms in total. The van der Waals surface area contributed by atoms with Crippen LogP contribution in [0.2, 0.25) is 18.1 Å². The fourth-order valence-corrected chi connectivity index (χ4v) is 4.07. The van der Waals surface area contributed by atoms with Crippen molar-refractivity contribution in [3.63, 3.8) is 0 Å². The minimum Gasteiger partial charge on any atom is -0.444 e. The molecule has 3 atom stereocenters. The number of aliphatic hydroxyl groups excluding tert-OH is 1. The molecule has 24 heavy (non-hydrogen) atoms. The monoisotopic (exact) mass is 359 g/mol. The first-order valence-corrected chi connectivity index (χ1v) is 12.0. The van der Waals surface area contributed by atoms with Gasteiger partial charge < -0.3 is 14.3 Å². The number of hydrogen-bond acceptors (Lipinski definition) is 4. The predicted octanol–water partition coefficient (Wildman–Crippen LogP) is 4.16. The number of carbonyl (C=O) groups is 1. The van der Waals surface area contributed by atoms with Crippen molar-refractivity contribution in [3.05, 3.63) is 0 Å². The fraction of sp³-hybridized carbons (Fsp3) is 0.944. The number of rotatable bonds is 4. The Morgan fingerprint density at radius 2 is 1.79 bits per heavy atom. The number of aliphatic hydroxyl groups is 1. The van der Waals surface area contributed by atoms with Crippen molar-refractivity contribution < 1.29 is 19.1 Å². The van der Waals surface area contributed by atoms with E-state index in [4.69, 9.17) is 9.16 Å². The Bertz CT molecular complexity index is 439. The van der Waals surface area contributed by atoms with E-state index in [1.54, 1.807) is 4.90 Å². The summed E-state index contributed by atoms with van der Waals surface area (Å²) in [6.07, 6.45) is 0.235. The van der Waals surface area contributed by atoms with Crippen LogP contribution in [0.15, 0.2) is 0 Å². The maximum absolute atomic E-state index is 12.5. The van der Waals surface area contributed by atoms with Gasteiger partial charge >= 0.3 is 6.09 Å². The topological polar surface area (TPSA) is 59.0 Å². The second-order valence-electron chi connectivity index (χ2n) is 9.35. The van der Waals surface area contributed by atoms with E-state index in [1.807, 2.05) is 27.7 Å². The molecule has 1 aliphatic heterocycles. The van der Waals surface area contributed by atoms with Gasteiger partial charge in [-0.05, 0) is 51.7 Å². The summed E-state index contributed by atoms with van der Waals surface area (Å²) in [4.78, 5) is 14.2. The highest BCUT2D eigenvalue weighted by Gasteiger charge is 2.47. The van der Waals surface area contributed by atoms with Gasteiger partial charge in [0.05, 0.1) is 18.2 Å². The number of likely N-dealkylation sites (tertiary alicyclic amines) is 1. The molecule has 0 bridgehead atoms. The number of nitrogens with zero attached hydrogens (tertiary/aromatic N) is 1. The van der Waals surface area contributed by atoms with E-state index in [1.165, 1.54) is 0 Å². The van der Waals surface area contributed by atoms with Gasteiger partial charge in [-0.1, -0.05) is 27.7 Å². The highest BCUT2D eigenvalue weighted by molar-refractivity contribution is 6.74. The number of ether oxygens (including phenoxy) is 1. The van der Waals surface area contributed by atoms with E-state index in [0.29, 0.717) is 13.0 Å². The van der Waals surface area contributed by atoms with Crippen molar-refractivity contribution >= 4 is 14.4 Å². The van der Waals surface area contributed by atoms with E-state index in [9.17, 15) is 9.90 Å². The van der Waals surface area contributed by atoms with Gasteiger partial charge in [-0.3, -0.25) is 4.90 Å². The van der Waals surface area contributed by atoms with Gasteiger partial charge in [0.25, 0.3) is 0 Å². The van der Waals surface area contributed by atoms with Crippen LogP contribution in [-0.4, -0.2) is 54.8 Å². The summed E-state index contributed by atoms with van der Waals surface area (Å²) in [5, 5.41) is 10.6. The smallest absolute Gasteiger partial charge is 0.410 e. The maximum atomic E-state index is 12.5. The molecular formula is C18H37NO4Si. The molecule has 0 radical (unpaired) electrons. The molecular weight excluding hydrogens is 322 g/mol. The molecule has 142 valence electrons. The van der Waals surface area contributed by atoms with Gasteiger partial charge in [-0.2, -0.15) is 0 Å². The fourth-order valence-electron chi connectivity index (χ4n) is 2.70. The Morgan fingerprint density at radius 3 is 2.21 bits per heavy atom. The maximum Gasteiger partial charge on any atom is 0.410 e. The van der Waals surface area contributed by atoms with Gasteiger partial charge in [0.1, 0.15) is 5.60 Å². The van der Waals surface area contributed by atoms with Crippen LogP contribution in [0.1, 0.15) is 61.3 Å². The number of amides is 1. The zero-order valence-electron chi connectivity index (χ0n) is 17.0. The summed E-state index contributed by atoms with van der Waals surface area (Å²) >= 11 is 0. The lowest BCUT2D eigenvalue weighted by atomic mass is 10.0. The minimum atomic E-state index is -1.97. The SMILES string of the molecule is CC[C@H](O)[C@@H]1[C@@H](O[Si](C)(C)C(C)(C)C)CCN1C(=O)OC(C)(C)C. The summed E-state index contributed by atoms with van der Waals surface area (Å²) in [5.41, 5.74) is -0.544. The Labute approximate surface area is 148 Å². The van der Waals surface area contributed by atoms with Crippen molar-refractivity contribution in [1.82, 2.24) is 4.90 Å². The second kappa shape index (κ2) is 7.34. The van der Waals surface area contributed by atoms with E-state index in [-0.39, 0.29) is 23.3 Å². The van der Waals surface area contributed by atoms with Crippen molar-refractivity contribution in [2.75, 3.05) is 6.54 Å². The third-order valence-electron chi connectivity index (χ3n) is 5.09. The second-order valence-corrected chi connectivity index (χ2v) is 14.1. The first kappa shape index (κ1) is 21.4. The predicted molar refractivity (Wildman–Crippen MR) is 99.7 cm³/mol. The first-order chi connectivity index (χ1) is 10.7. The Kier molecular flexibility index (Phi) is 6.56. The normalized spacial score (nSPS) is 24.2. The highest BCUT2D eigenvalue weighted by Crippen LogP contribution is 2.40. The molecule has 1 heterocycles. The molecule has 0 aromatic carbocycles. The molecule has 0 unspecified atom stereocenters. The Balaban J connectivity index is 2.98. The zero-order valence-corrected chi connectivity index (χ0v) is 18.0. The first-order valence-electron chi connectivity index (χ1n) is 9.05. The van der Waals surface area contributed by atoms with Crippen molar-refractivity contribution in [1.29, 1.82) is 0 Å². The van der Waals surface area contributed by atoms with Crippen LogP contribution in [0, 0.1) is 0 Å². The Hall–Kier alpha value is -0.593. The summed E-state index contributed by atoms with van der Waals surface area (Å²) in [7, 11) is -1.97. The molecule has 1 N–H and O–H groups in total. The summed E-state index contributed by atoms with van der Waals surface area (Å²) < 4.78 is 12.1. The summed E-state index contributed by atoms with van der Waals surface area (Å²) in [5.74, 6) is 0. The van der Waals surface area contributed by atoms with Crippen molar-refractivity contribution in [3.8, 4) is 0 Å². The van der Waals surface area contributed by atoms with Gasteiger partial charge in [0, 0.05) is 6.54 Å². The molecule has 1 saturated heterocycles. The summed E-state index contributed by atoms with van der Waals surface area (Å²) in [6.45, 7) is 19.1. The molecule has 0 aromatic rings. The standard InChI is InChI=1S/C18H37NO4Si/c1-10-13(20)15-14(23-24(8,9)18(5,6)7)11-12-19(15)16(21)22-17(2,3)4/h13-15,20H,10-12H2,1-9H3/t13-,14-,15+/m0/s1. The molecule has 1 fully saturated rings. The molecule has 1 rings (SSSR count). The Morgan fingerprint density at radius 1 is 1.25 bits per heavy atom. The minimum absolute atomic E-state index is 0.0913. The van der Waals surface area contributed by atoms with Crippen molar-refractivity contribution in [2.45, 2.75) is 103 Å². The lowest BCUT2D eigenvalue weighted by Crippen LogP contribution is -2.53. The van der Waals surface area contributed by atoms with E-state index >= 15 is 0 Å². The average Bonchev–Trinajstić information content (AvgIpc) is 2.77. The lowest BCUT2D eigenvalue weighted by Gasteiger charge is -2.41. The van der Waals surface area contributed by atoms with Crippen LogP contribution in [0.4, 0.5) is 4.79 Å². The van der Waals surface area contributed by atoms with Crippen LogP contribution in [0.25, 0.3) is 0 Å². The van der Waals surface area contributed by atoms with E-state index in [0.717, 1.165) is 6.42 Å². The van der Waals surface area contributed by atoms with Crippen LogP contribution in [0.3, 0.4) is 0 Å². The zero-order chi connectivity index (χ0) is 18.9. The van der Waals surface area contributed by atoms with Crippen LogP contribution in [0.5, 0.6) is 0 Å². The molecule has 0 spiro atoms. The molecule has 1 aliphatic rings. The van der Waals surface area contributed by atoms with Crippen LogP contribution in [-0.2, 0) is 9.16 Å². The molecule has 6 heteroatoms. The summed E-state index contributed by atoms with van der Waals surface area (Å²) in [6, 6.07) is -0.334. The third kappa shape index (κ3) is 5.20. The molecule has 0 saturated carbocycles. The lowest BCUT2D eigenvalue weighted by molar-refractivity contribution is -0.0131.